The molecule has 3 rings (SSSR count). The number of halogens is 3. The zero-order valence-corrected chi connectivity index (χ0v) is 20.9. The van der Waals surface area contributed by atoms with E-state index in [1.165, 1.54) is 12.1 Å². The number of rotatable bonds is 5. The maximum Gasteiger partial charge on any atom is 0.416 e. The minimum Gasteiger partial charge on any atom is -0.412 e. The zero-order chi connectivity index (χ0) is 24.4. The van der Waals surface area contributed by atoms with Gasteiger partial charge in [-0.05, 0) is 67.1 Å². The van der Waals surface area contributed by atoms with E-state index in [0.29, 0.717) is 30.5 Å². The molecule has 1 aromatic heterocycles. The summed E-state index contributed by atoms with van der Waals surface area (Å²) in [6.07, 6.45) is -1.13. The van der Waals surface area contributed by atoms with E-state index in [9.17, 15) is 18.0 Å². The van der Waals surface area contributed by atoms with E-state index in [-0.39, 0.29) is 29.0 Å². The summed E-state index contributed by atoms with van der Waals surface area (Å²) in [6, 6.07) is 10.3. The number of amides is 1. The first-order valence-electron chi connectivity index (χ1n) is 11.3. The van der Waals surface area contributed by atoms with Crippen LogP contribution in [0, 0.1) is 0 Å². The van der Waals surface area contributed by atoms with Crippen LogP contribution in [0.3, 0.4) is 0 Å². The monoisotopic (exact) mass is 478 g/mol. The molecule has 1 aliphatic carbocycles. The van der Waals surface area contributed by atoms with Gasteiger partial charge in [-0.2, -0.15) is 13.2 Å². The molecule has 180 valence electrons. The summed E-state index contributed by atoms with van der Waals surface area (Å²) >= 11 is 0. The van der Waals surface area contributed by atoms with Crippen LogP contribution in [-0.2, 0) is 10.6 Å². The summed E-state index contributed by atoms with van der Waals surface area (Å²) in [6.45, 7) is 10.8. The second-order valence-corrected chi connectivity index (χ2v) is 15.1. The maximum atomic E-state index is 13.3. The van der Waals surface area contributed by atoms with Gasteiger partial charge in [-0.15, -0.1) is 0 Å². The molecule has 1 saturated carbocycles. The highest BCUT2D eigenvalue weighted by Gasteiger charge is 2.43. The molecule has 3 atom stereocenters. The molecule has 2 aromatic rings. The van der Waals surface area contributed by atoms with Crippen LogP contribution in [0.15, 0.2) is 48.7 Å². The van der Waals surface area contributed by atoms with Crippen molar-refractivity contribution in [2.24, 2.45) is 0 Å². The second-order valence-electron chi connectivity index (χ2n) is 10.3. The number of aromatic nitrogens is 1. The Bertz CT molecular complexity index is 958. The number of hydrogen-bond donors (Lipinski definition) is 1. The van der Waals surface area contributed by atoms with Crippen molar-refractivity contribution in [3.05, 3.63) is 65.5 Å². The predicted molar refractivity (Wildman–Crippen MR) is 126 cm³/mol. The second kappa shape index (κ2) is 9.58. The molecule has 1 N–H and O–H groups in total. The van der Waals surface area contributed by atoms with Gasteiger partial charge in [-0.1, -0.05) is 45.0 Å². The third-order valence-electron chi connectivity index (χ3n) is 6.94. The van der Waals surface area contributed by atoms with E-state index in [1.807, 2.05) is 0 Å². The average Bonchev–Trinajstić information content (AvgIpc) is 2.74. The quantitative estimate of drug-likeness (QED) is 0.495. The number of nitrogens with one attached hydrogen (secondary N) is 1. The molecule has 0 radical (unpaired) electrons. The number of benzene rings is 1. The molecule has 1 amide bonds. The number of hydrogen-bond acceptors (Lipinski definition) is 3. The highest BCUT2D eigenvalue weighted by molar-refractivity contribution is 6.74. The third-order valence-corrected chi connectivity index (χ3v) is 11.4. The Balaban J connectivity index is 1.85. The number of carbonyl (C=O) groups is 1. The van der Waals surface area contributed by atoms with Gasteiger partial charge >= 0.3 is 6.18 Å². The standard InChI is InChI=1S/C25H33F3N2O2Si/c1-24(2,3)33(4,5)32-22-13-12-18(17-9-8-10-19(15-17)25(26,27)28)16-21(22)30-23(31)20-11-6-7-14-29-20/h6-11,14-15,18,21-22H,12-13,16H2,1-5H3,(H,30,31)/t18-,21-,22?/m0/s1. The summed E-state index contributed by atoms with van der Waals surface area (Å²) in [4.78, 5) is 17.0. The molecule has 33 heavy (non-hydrogen) atoms. The van der Waals surface area contributed by atoms with E-state index in [2.05, 4.69) is 44.2 Å². The molecule has 1 aliphatic rings. The average molecular weight is 479 g/mol. The lowest BCUT2D eigenvalue weighted by Crippen LogP contribution is -2.53. The molecule has 1 heterocycles. The van der Waals surface area contributed by atoms with E-state index < -0.39 is 20.1 Å². The molecule has 1 aromatic carbocycles. The van der Waals surface area contributed by atoms with Gasteiger partial charge in [0.1, 0.15) is 5.69 Å². The number of alkyl halides is 3. The van der Waals surface area contributed by atoms with Gasteiger partial charge in [-0.25, -0.2) is 0 Å². The SMILES string of the molecule is CC(C)(C)[Si](C)(C)OC1CC[C@H](c2cccc(C(F)(F)F)c2)C[C@@H]1NC(=O)c1ccccn1. The Morgan fingerprint density at radius 3 is 2.42 bits per heavy atom. The Kier molecular flexibility index (Phi) is 7.38. The molecule has 8 heteroatoms. The van der Waals surface area contributed by atoms with Crippen molar-refractivity contribution in [3.8, 4) is 0 Å². The first-order valence-corrected chi connectivity index (χ1v) is 14.3. The normalized spacial score (nSPS) is 22.1. The van der Waals surface area contributed by atoms with E-state index in [1.54, 1.807) is 30.5 Å². The van der Waals surface area contributed by atoms with Crippen LogP contribution in [0.1, 0.15) is 67.6 Å². The van der Waals surface area contributed by atoms with Crippen LogP contribution in [-0.4, -0.2) is 31.4 Å². The molecule has 0 aliphatic heterocycles. The van der Waals surface area contributed by atoms with Crippen LogP contribution in [0.5, 0.6) is 0 Å². The van der Waals surface area contributed by atoms with E-state index in [4.69, 9.17) is 4.43 Å². The molecule has 1 fully saturated rings. The minimum atomic E-state index is -4.38. The number of nitrogens with zero attached hydrogens (tertiary/aromatic N) is 1. The molecule has 0 saturated heterocycles. The highest BCUT2D eigenvalue weighted by atomic mass is 28.4. The Morgan fingerprint density at radius 2 is 1.82 bits per heavy atom. The molecular formula is C25H33F3N2O2Si. The first-order chi connectivity index (χ1) is 15.3. The minimum absolute atomic E-state index is 0.000430. The van der Waals surface area contributed by atoms with Crippen molar-refractivity contribution in [2.75, 3.05) is 0 Å². The summed E-state index contributed by atoms with van der Waals surface area (Å²) < 4.78 is 46.4. The summed E-state index contributed by atoms with van der Waals surface area (Å²) in [7, 11) is -2.12. The van der Waals surface area contributed by atoms with Gasteiger partial charge in [0.25, 0.3) is 5.91 Å². The predicted octanol–water partition coefficient (Wildman–Crippen LogP) is 6.56. The van der Waals surface area contributed by atoms with Crippen molar-refractivity contribution in [1.29, 1.82) is 0 Å². The smallest absolute Gasteiger partial charge is 0.412 e. The Labute approximate surface area is 195 Å². The van der Waals surface area contributed by atoms with Crippen molar-refractivity contribution in [1.82, 2.24) is 10.3 Å². The lowest BCUT2D eigenvalue weighted by molar-refractivity contribution is -0.137. The maximum absolute atomic E-state index is 13.3. The van der Waals surface area contributed by atoms with E-state index >= 15 is 0 Å². The largest absolute Gasteiger partial charge is 0.416 e. The van der Waals surface area contributed by atoms with Gasteiger partial charge in [0.05, 0.1) is 17.7 Å². The lowest BCUT2D eigenvalue weighted by Gasteiger charge is -2.44. The van der Waals surface area contributed by atoms with Gasteiger partial charge in [0.2, 0.25) is 0 Å². The van der Waals surface area contributed by atoms with Crippen molar-refractivity contribution in [3.63, 3.8) is 0 Å². The lowest BCUT2D eigenvalue weighted by atomic mass is 9.79. The van der Waals surface area contributed by atoms with Crippen molar-refractivity contribution < 1.29 is 22.4 Å². The Hall–Kier alpha value is -2.19. The highest BCUT2D eigenvalue weighted by Crippen LogP contribution is 2.42. The summed E-state index contributed by atoms with van der Waals surface area (Å²) in [5.41, 5.74) is 0.311. The third kappa shape index (κ3) is 6.23. The number of carbonyl (C=O) groups excluding carboxylic acids is 1. The van der Waals surface area contributed by atoms with Crippen LogP contribution < -0.4 is 5.32 Å². The first kappa shape index (κ1) is 25.4. The number of pyridine rings is 1. The summed E-state index contributed by atoms with van der Waals surface area (Å²) in [5, 5.41) is 3.08. The van der Waals surface area contributed by atoms with Gasteiger partial charge < -0.3 is 9.74 Å². The molecule has 1 unspecified atom stereocenters. The van der Waals surface area contributed by atoms with Crippen LogP contribution in [0.4, 0.5) is 13.2 Å². The summed E-state index contributed by atoms with van der Waals surface area (Å²) in [5.74, 6) is -0.394. The Morgan fingerprint density at radius 1 is 1.09 bits per heavy atom. The van der Waals surface area contributed by atoms with Gasteiger partial charge in [-0.3, -0.25) is 9.78 Å². The van der Waals surface area contributed by atoms with E-state index in [0.717, 1.165) is 6.07 Å². The van der Waals surface area contributed by atoms with Gasteiger partial charge in [0.15, 0.2) is 8.32 Å². The fourth-order valence-electron chi connectivity index (χ4n) is 4.00. The van der Waals surface area contributed by atoms with Crippen LogP contribution >= 0.6 is 0 Å². The van der Waals surface area contributed by atoms with Crippen LogP contribution in [0.25, 0.3) is 0 Å². The molecule has 4 nitrogen and oxygen atoms in total. The fourth-order valence-corrected chi connectivity index (χ4v) is 5.39. The fraction of sp³-hybridized carbons (Fsp3) is 0.520. The van der Waals surface area contributed by atoms with Gasteiger partial charge in [0, 0.05) is 6.20 Å². The zero-order valence-electron chi connectivity index (χ0n) is 19.9. The van der Waals surface area contributed by atoms with Crippen LogP contribution in [0.2, 0.25) is 18.1 Å². The topological polar surface area (TPSA) is 51.2 Å². The molecule has 0 bridgehead atoms. The molecule has 0 spiro atoms. The van der Waals surface area contributed by atoms with Crippen molar-refractivity contribution in [2.45, 2.75) is 82.4 Å². The molecular weight excluding hydrogens is 445 g/mol. The van der Waals surface area contributed by atoms with Crippen molar-refractivity contribution >= 4 is 14.2 Å².